The maximum absolute atomic E-state index is 9.60. The first kappa shape index (κ1) is 48.4. The van der Waals surface area contributed by atoms with Crippen LogP contribution in [0.25, 0.3) is 0 Å². The minimum Gasteiger partial charge on any atom is -0.395 e. The van der Waals surface area contributed by atoms with E-state index in [0.29, 0.717) is 18.1 Å². The lowest BCUT2D eigenvalue weighted by atomic mass is 9.88. The van der Waals surface area contributed by atoms with Crippen molar-refractivity contribution in [2.75, 3.05) is 40.0 Å². The molecule has 0 radical (unpaired) electrons. The fourth-order valence-electron chi connectivity index (χ4n) is 8.31. The number of rotatable bonds is 13. The number of ether oxygens (including phenoxy) is 4. The van der Waals surface area contributed by atoms with Gasteiger partial charge in [-0.3, -0.25) is 0 Å². The highest BCUT2D eigenvalue weighted by Gasteiger charge is 2.38. The highest BCUT2D eigenvalue weighted by Crippen LogP contribution is 2.30. The molecule has 0 aromatic heterocycles. The van der Waals surface area contributed by atoms with E-state index >= 15 is 0 Å². The smallest absolute Gasteiger partial charge is 0.184 e. The third-order valence-electron chi connectivity index (χ3n) is 11.7. The molecule has 6 nitrogen and oxygen atoms in total. The summed E-state index contributed by atoms with van der Waals surface area (Å²) >= 11 is 0. The number of β-amino-alcohol motifs (C(OH)–C–C–N with tert-alkyl or cyclic N) is 1. The Morgan fingerprint density at radius 2 is 1.36 bits per heavy atom. The monoisotopic (exact) mass is 748 g/mol. The molecule has 0 amide bonds. The molecule has 0 bridgehead atoms. The molecule has 5 atom stereocenters. The summed E-state index contributed by atoms with van der Waals surface area (Å²) in [6.07, 6.45) is 42.4. The predicted octanol–water partition coefficient (Wildman–Crippen LogP) is 12.9. The van der Waals surface area contributed by atoms with Gasteiger partial charge in [0.15, 0.2) is 12.6 Å². The number of fused-ring (bicyclic) bond motifs is 1. The van der Waals surface area contributed by atoms with Gasteiger partial charge >= 0.3 is 0 Å². The number of epoxide rings is 1. The zero-order valence-electron chi connectivity index (χ0n) is 35.5. The molecule has 0 aromatic carbocycles. The number of hydrogen-bond acceptors (Lipinski definition) is 6. The zero-order chi connectivity index (χ0) is 38.0. The number of aliphatic hydroxyl groups excluding tert-OH is 1. The molecule has 6 heteroatoms. The Bertz CT molecular complexity index is 851. The third-order valence-corrected chi connectivity index (χ3v) is 11.7. The molecule has 4 unspecified atom stereocenters. The molecule has 312 valence electrons. The van der Waals surface area contributed by atoms with Gasteiger partial charge in [-0.05, 0) is 102 Å². The predicted molar refractivity (Wildman–Crippen MR) is 225 cm³/mol. The van der Waals surface area contributed by atoms with Crippen LogP contribution in [0.15, 0.2) is 24.3 Å². The van der Waals surface area contributed by atoms with Gasteiger partial charge in [0.2, 0.25) is 0 Å². The normalized spacial score (nSPS) is 28.5. The molecular formula is C47H89NO5. The molecule has 2 aliphatic heterocycles. The topological polar surface area (TPSA) is 63.7 Å². The fourth-order valence-corrected chi connectivity index (χ4v) is 8.31. The van der Waals surface area contributed by atoms with Gasteiger partial charge in [-0.25, -0.2) is 0 Å². The Balaban J connectivity index is 1.90. The molecule has 2 heterocycles. The lowest BCUT2D eigenvalue weighted by Gasteiger charge is -2.24. The maximum Gasteiger partial charge on any atom is 0.184 e. The van der Waals surface area contributed by atoms with Crippen LogP contribution in [0.1, 0.15) is 206 Å². The summed E-state index contributed by atoms with van der Waals surface area (Å²) in [5.74, 6) is 0.628. The van der Waals surface area contributed by atoms with E-state index in [0.717, 1.165) is 64.8 Å². The van der Waals surface area contributed by atoms with Gasteiger partial charge < -0.3 is 29.0 Å². The first-order valence-electron chi connectivity index (χ1n) is 23.3. The molecule has 0 spiro atoms. The third kappa shape index (κ3) is 25.9. The largest absolute Gasteiger partial charge is 0.395 e. The summed E-state index contributed by atoms with van der Waals surface area (Å²) in [5.41, 5.74) is 1.47. The molecule has 53 heavy (non-hydrogen) atoms. The molecule has 1 saturated heterocycles. The van der Waals surface area contributed by atoms with Gasteiger partial charge in [-0.2, -0.15) is 0 Å². The van der Waals surface area contributed by atoms with Gasteiger partial charge in [0.25, 0.3) is 0 Å². The van der Waals surface area contributed by atoms with Crippen LogP contribution in [0.5, 0.6) is 0 Å². The Kier molecular flexibility index (Phi) is 31.5. The Hall–Kier alpha value is -0.760. The van der Waals surface area contributed by atoms with Crippen molar-refractivity contribution >= 4 is 0 Å². The summed E-state index contributed by atoms with van der Waals surface area (Å²) in [7, 11) is 1.83. The molecule has 0 saturated carbocycles. The quantitative estimate of drug-likeness (QED) is 0.149. The van der Waals surface area contributed by atoms with Crippen LogP contribution < -0.4 is 0 Å². The molecule has 1 N–H and O–H groups in total. The molecule has 2 aliphatic rings. The second-order valence-electron chi connectivity index (χ2n) is 16.5. The van der Waals surface area contributed by atoms with Gasteiger partial charge in [0.1, 0.15) is 6.10 Å². The summed E-state index contributed by atoms with van der Waals surface area (Å²) in [5, 5.41) is 9.60. The van der Waals surface area contributed by atoms with E-state index in [1.807, 2.05) is 7.11 Å². The van der Waals surface area contributed by atoms with Crippen molar-refractivity contribution in [1.29, 1.82) is 0 Å². The maximum atomic E-state index is 9.60. The summed E-state index contributed by atoms with van der Waals surface area (Å²) < 4.78 is 24.5. The summed E-state index contributed by atoms with van der Waals surface area (Å²) in [6, 6.07) is 0. The molecule has 0 aromatic rings. The molecule has 1 fully saturated rings. The zero-order valence-corrected chi connectivity index (χ0v) is 35.5. The minimum absolute atomic E-state index is 0.0480. The van der Waals surface area contributed by atoms with Crippen LogP contribution in [0.2, 0.25) is 0 Å². The Morgan fingerprint density at radius 1 is 0.717 bits per heavy atom. The Morgan fingerprint density at radius 3 is 2.06 bits per heavy atom. The van der Waals surface area contributed by atoms with E-state index in [1.165, 1.54) is 160 Å². The number of aliphatic hydroxyl groups is 1. The minimum atomic E-state index is -0.0810. The van der Waals surface area contributed by atoms with Crippen LogP contribution in [-0.2, 0) is 18.9 Å². The van der Waals surface area contributed by atoms with Crippen molar-refractivity contribution in [3.05, 3.63) is 24.3 Å². The van der Waals surface area contributed by atoms with Crippen molar-refractivity contribution in [1.82, 2.24) is 4.90 Å². The average molecular weight is 748 g/mol. The lowest BCUT2D eigenvalue weighted by molar-refractivity contribution is -0.163. The van der Waals surface area contributed by atoms with E-state index in [1.54, 1.807) is 0 Å². The van der Waals surface area contributed by atoms with Gasteiger partial charge in [0, 0.05) is 20.3 Å². The van der Waals surface area contributed by atoms with Gasteiger partial charge in [0.05, 0.1) is 12.7 Å². The van der Waals surface area contributed by atoms with Crippen molar-refractivity contribution in [3.63, 3.8) is 0 Å². The SMILES string of the molecule is C=C/C1=C/CCCCC(CCCCCCCC)OC(OC)CCCCCCCCN(CCO)CCCCCCCC2O[C@@H]2OCCCCCC1CCC. The second-order valence-corrected chi connectivity index (χ2v) is 16.5. The van der Waals surface area contributed by atoms with Crippen LogP contribution in [0.4, 0.5) is 0 Å². The standard InChI is InChI=1S/C47H89NO5/c1-5-8-9-10-14-23-33-44-34-24-19-21-31-42(7-3)43(30-6-2)32-22-20-29-41-51-47-45(53-47)35-25-15-13-18-28-38-48(39-40-49)37-27-17-12-11-16-26-36-46(50-4)52-44/h7,31,43-47,49H,3,5-6,8-30,32-41H2,1-2,4H3/b42-31-/t43?,44?,45?,46?,47-/m0/s1. The first-order valence-corrected chi connectivity index (χ1v) is 23.3. The van der Waals surface area contributed by atoms with Gasteiger partial charge in [-0.1, -0.05) is 148 Å². The van der Waals surface area contributed by atoms with Gasteiger partial charge in [-0.15, -0.1) is 0 Å². The van der Waals surface area contributed by atoms with Crippen LogP contribution >= 0.6 is 0 Å². The van der Waals surface area contributed by atoms with E-state index < -0.39 is 0 Å². The fraction of sp³-hybridized carbons (Fsp3) is 0.915. The lowest BCUT2D eigenvalue weighted by Crippen LogP contribution is -2.29. The van der Waals surface area contributed by atoms with Crippen molar-refractivity contribution in [3.8, 4) is 0 Å². The summed E-state index contributed by atoms with van der Waals surface area (Å²) in [6.45, 7) is 13.0. The highest BCUT2D eigenvalue weighted by molar-refractivity contribution is 5.19. The van der Waals surface area contributed by atoms with E-state index in [-0.39, 0.29) is 19.2 Å². The van der Waals surface area contributed by atoms with Crippen molar-refractivity contribution in [2.24, 2.45) is 5.92 Å². The Labute approximate surface area is 329 Å². The molecule has 2 rings (SSSR count). The molecule has 0 aliphatic carbocycles. The van der Waals surface area contributed by atoms with E-state index in [9.17, 15) is 5.11 Å². The van der Waals surface area contributed by atoms with Crippen LogP contribution in [-0.4, -0.2) is 74.8 Å². The first-order chi connectivity index (χ1) is 26.1. The number of allylic oxidation sites excluding steroid dienone is 3. The van der Waals surface area contributed by atoms with Crippen molar-refractivity contribution in [2.45, 2.75) is 231 Å². The number of unbranched alkanes of at least 4 members (excludes halogenated alkanes) is 5. The number of methoxy groups -OCH3 is 1. The average Bonchev–Trinajstić information content (AvgIpc) is 3.92. The number of nitrogens with zero attached hydrogens (tertiary/aromatic N) is 1. The summed E-state index contributed by atoms with van der Waals surface area (Å²) in [4.78, 5) is 2.48. The molecular weight excluding hydrogens is 659 g/mol. The van der Waals surface area contributed by atoms with Crippen LogP contribution in [0, 0.1) is 5.92 Å². The van der Waals surface area contributed by atoms with Crippen molar-refractivity contribution < 1.29 is 24.1 Å². The van der Waals surface area contributed by atoms with E-state index in [4.69, 9.17) is 18.9 Å². The van der Waals surface area contributed by atoms with E-state index in [2.05, 4.69) is 37.5 Å². The second kappa shape index (κ2) is 34.5. The number of hydrogen-bond donors (Lipinski definition) is 1. The highest BCUT2D eigenvalue weighted by atomic mass is 16.8. The van der Waals surface area contributed by atoms with Crippen LogP contribution in [0.3, 0.4) is 0 Å².